The van der Waals surface area contributed by atoms with E-state index < -0.39 is 0 Å². The van der Waals surface area contributed by atoms with Gasteiger partial charge in [-0.2, -0.15) is 0 Å². The molecule has 1 aliphatic rings. The zero-order chi connectivity index (χ0) is 13.9. The average Bonchev–Trinajstić information content (AvgIpc) is 2.54. The molecule has 0 radical (unpaired) electrons. The molecule has 1 aromatic heterocycles. The lowest BCUT2D eigenvalue weighted by atomic mass is 10.1. The minimum atomic E-state index is 0.0319. The Hall–Kier alpha value is -2.01. The second-order valence-electron chi connectivity index (χ2n) is 5.02. The van der Waals surface area contributed by atoms with Crippen molar-refractivity contribution in [2.75, 3.05) is 20.3 Å². The van der Waals surface area contributed by atoms with Crippen LogP contribution in [0.4, 0.5) is 0 Å². The summed E-state index contributed by atoms with van der Waals surface area (Å²) in [4.78, 5) is 22.8. The van der Waals surface area contributed by atoms with Gasteiger partial charge in [-0.3, -0.25) is 14.8 Å². The van der Waals surface area contributed by atoms with Crippen molar-refractivity contribution in [2.45, 2.75) is 18.9 Å². The lowest BCUT2D eigenvalue weighted by molar-refractivity contribution is 0.0362. The maximum absolute atomic E-state index is 12.5. The van der Waals surface area contributed by atoms with Gasteiger partial charge in [0.1, 0.15) is 0 Å². The molecule has 104 valence electrons. The fourth-order valence-corrected chi connectivity index (χ4v) is 2.54. The normalized spacial score (nSPS) is 16.2. The van der Waals surface area contributed by atoms with Crippen molar-refractivity contribution in [1.82, 2.24) is 14.9 Å². The Bertz CT molecular complexity index is 623. The largest absolute Gasteiger partial charge is 0.381 e. The first-order chi connectivity index (χ1) is 9.75. The van der Waals surface area contributed by atoms with Crippen molar-refractivity contribution in [3.05, 3.63) is 36.2 Å². The molecule has 3 rings (SSSR count). The van der Waals surface area contributed by atoms with E-state index in [0.29, 0.717) is 5.56 Å². The Morgan fingerprint density at radius 2 is 1.90 bits per heavy atom. The highest BCUT2D eigenvalue weighted by molar-refractivity contribution is 5.97. The van der Waals surface area contributed by atoms with Crippen molar-refractivity contribution in [2.24, 2.45) is 0 Å². The number of aromatic nitrogens is 2. The van der Waals surface area contributed by atoms with Crippen molar-refractivity contribution in [3.63, 3.8) is 0 Å². The predicted octanol–water partition coefficient (Wildman–Crippen LogP) is 1.88. The Balaban J connectivity index is 1.83. The number of fused-ring (bicyclic) bond motifs is 1. The molecule has 0 saturated carbocycles. The van der Waals surface area contributed by atoms with Crippen LogP contribution in [-0.2, 0) is 4.74 Å². The minimum Gasteiger partial charge on any atom is -0.381 e. The number of carbonyl (C=O) groups is 1. The molecule has 0 spiro atoms. The summed E-state index contributed by atoms with van der Waals surface area (Å²) in [6.07, 6.45) is 5.09. The first-order valence-corrected chi connectivity index (χ1v) is 6.81. The van der Waals surface area contributed by atoms with E-state index in [4.69, 9.17) is 4.74 Å². The second kappa shape index (κ2) is 5.54. The van der Waals surface area contributed by atoms with Gasteiger partial charge in [0.25, 0.3) is 5.91 Å². The summed E-state index contributed by atoms with van der Waals surface area (Å²) in [6.45, 7) is 1.46. The molecule has 1 aliphatic heterocycles. The molecule has 0 unspecified atom stereocenters. The summed E-state index contributed by atoms with van der Waals surface area (Å²) in [7, 11) is 1.86. The average molecular weight is 271 g/mol. The highest BCUT2D eigenvalue weighted by Crippen LogP contribution is 2.17. The lowest BCUT2D eigenvalue weighted by Crippen LogP contribution is -2.40. The molecule has 1 amide bonds. The summed E-state index contributed by atoms with van der Waals surface area (Å²) >= 11 is 0. The van der Waals surface area contributed by atoms with E-state index in [1.165, 1.54) is 0 Å². The van der Waals surface area contributed by atoms with Crippen molar-refractivity contribution < 1.29 is 9.53 Å². The van der Waals surface area contributed by atoms with Crippen molar-refractivity contribution in [3.8, 4) is 0 Å². The molecule has 0 bridgehead atoms. The maximum Gasteiger partial charge on any atom is 0.253 e. The highest BCUT2D eigenvalue weighted by atomic mass is 16.5. The summed E-state index contributed by atoms with van der Waals surface area (Å²) < 4.78 is 5.34. The van der Waals surface area contributed by atoms with Gasteiger partial charge < -0.3 is 9.64 Å². The Morgan fingerprint density at radius 1 is 1.20 bits per heavy atom. The van der Waals surface area contributed by atoms with Crippen LogP contribution in [0.25, 0.3) is 11.0 Å². The van der Waals surface area contributed by atoms with Gasteiger partial charge in [-0.05, 0) is 31.0 Å². The zero-order valence-electron chi connectivity index (χ0n) is 11.5. The Labute approximate surface area is 117 Å². The van der Waals surface area contributed by atoms with Gasteiger partial charge in [0.2, 0.25) is 0 Å². The first-order valence-electron chi connectivity index (χ1n) is 6.81. The molecule has 1 saturated heterocycles. The molecule has 5 heteroatoms. The van der Waals surface area contributed by atoms with Gasteiger partial charge in [-0.25, -0.2) is 0 Å². The van der Waals surface area contributed by atoms with Crippen LogP contribution in [0.3, 0.4) is 0 Å². The van der Waals surface area contributed by atoms with Gasteiger partial charge >= 0.3 is 0 Å². The van der Waals surface area contributed by atoms with Crippen LogP contribution in [0.1, 0.15) is 23.2 Å². The van der Waals surface area contributed by atoms with Gasteiger partial charge in [-0.15, -0.1) is 0 Å². The Kier molecular flexibility index (Phi) is 3.60. The smallest absolute Gasteiger partial charge is 0.253 e. The summed E-state index contributed by atoms with van der Waals surface area (Å²) in [5.41, 5.74) is 2.21. The molecule has 2 heterocycles. The van der Waals surface area contributed by atoms with Crippen LogP contribution in [0.2, 0.25) is 0 Å². The molecule has 1 aromatic carbocycles. The van der Waals surface area contributed by atoms with E-state index in [-0.39, 0.29) is 11.9 Å². The quantitative estimate of drug-likeness (QED) is 0.837. The Morgan fingerprint density at radius 3 is 2.65 bits per heavy atom. The third kappa shape index (κ3) is 2.49. The summed E-state index contributed by atoms with van der Waals surface area (Å²) in [6, 6.07) is 5.72. The van der Waals surface area contributed by atoms with Crippen LogP contribution >= 0.6 is 0 Å². The number of benzene rings is 1. The molecule has 2 aromatic rings. The van der Waals surface area contributed by atoms with Crippen LogP contribution in [0.15, 0.2) is 30.6 Å². The third-order valence-electron chi connectivity index (χ3n) is 3.78. The van der Waals surface area contributed by atoms with Gasteiger partial charge in [0, 0.05) is 44.3 Å². The van der Waals surface area contributed by atoms with E-state index in [1.54, 1.807) is 18.5 Å². The first kappa shape index (κ1) is 13.0. The highest BCUT2D eigenvalue weighted by Gasteiger charge is 2.23. The van der Waals surface area contributed by atoms with E-state index in [1.807, 2.05) is 24.1 Å². The lowest BCUT2D eigenvalue weighted by Gasteiger charge is -2.31. The number of hydrogen-bond acceptors (Lipinski definition) is 4. The van der Waals surface area contributed by atoms with E-state index in [2.05, 4.69) is 9.97 Å². The van der Waals surface area contributed by atoms with E-state index in [9.17, 15) is 4.79 Å². The SMILES string of the molecule is CN(C(=O)c1ccc2nccnc2c1)C1CCOCC1. The number of rotatable bonds is 2. The number of carbonyl (C=O) groups excluding carboxylic acids is 1. The predicted molar refractivity (Wildman–Crippen MR) is 75.5 cm³/mol. The number of ether oxygens (including phenoxy) is 1. The molecule has 1 fully saturated rings. The molecular formula is C15H17N3O2. The standard InChI is InChI=1S/C15H17N3O2/c1-18(12-4-8-20-9-5-12)15(19)11-2-3-13-14(10-11)17-7-6-16-13/h2-3,6-7,10,12H,4-5,8-9H2,1H3. The molecular weight excluding hydrogens is 254 g/mol. The third-order valence-corrected chi connectivity index (χ3v) is 3.78. The minimum absolute atomic E-state index is 0.0319. The maximum atomic E-state index is 12.5. The number of amides is 1. The van der Waals surface area contributed by atoms with Crippen LogP contribution < -0.4 is 0 Å². The van der Waals surface area contributed by atoms with Crippen molar-refractivity contribution >= 4 is 16.9 Å². The molecule has 0 aliphatic carbocycles. The summed E-state index contributed by atoms with van der Waals surface area (Å²) in [5, 5.41) is 0. The van der Waals surface area contributed by atoms with Crippen molar-refractivity contribution in [1.29, 1.82) is 0 Å². The van der Waals surface area contributed by atoms with E-state index in [0.717, 1.165) is 37.1 Å². The van der Waals surface area contributed by atoms with Crippen LogP contribution in [0.5, 0.6) is 0 Å². The number of hydrogen-bond donors (Lipinski definition) is 0. The van der Waals surface area contributed by atoms with Gasteiger partial charge in [0.05, 0.1) is 11.0 Å². The fourth-order valence-electron chi connectivity index (χ4n) is 2.54. The second-order valence-corrected chi connectivity index (χ2v) is 5.02. The molecule has 0 N–H and O–H groups in total. The fraction of sp³-hybridized carbons (Fsp3) is 0.400. The molecule has 20 heavy (non-hydrogen) atoms. The van der Waals surface area contributed by atoms with Gasteiger partial charge in [-0.1, -0.05) is 0 Å². The van der Waals surface area contributed by atoms with Gasteiger partial charge in [0.15, 0.2) is 0 Å². The number of nitrogens with zero attached hydrogens (tertiary/aromatic N) is 3. The van der Waals surface area contributed by atoms with E-state index >= 15 is 0 Å². The topological polar surface area (TPSA) is 55.3 Å². The molecule has 5 nitrogen and oxygen atoms in total. The molecule has 0 atom stereocenters. The monoisotopic (exact) mass is 271 g/mol. The zero-order valence-corrected chi connectivity index (χ0v) is 11.5. The summed E-state index contributed by atoms with van der Waals surface area (Å²) in [5.74, 6) is 0.0319. The van der Waals surface area contributed by atoms with Crippen LogP contribution in [-0.4, -0.2) is 47.1 Å². The van der Waals surface area contributed by atoms with Crippen LogP contribution in [0, 0.1) is 0 Å².